The third-order valence-corrected chi connectivity index (χ3v) is 4.23. The van der Waals surface area contributed by atoms with Gasteiger partial charge in [0, 0.05) is 24.8 Å². The summed E-state index contributed by atoms with van der Waals surface area (Å²) in [5.41, 5.74) is 9.59. The van der Waals surface area contributed by atoms with Gasteiger partial charge in [0.05, 0.1) is 12.2 Å². The lowest BCUT2D eigenvalue weighted by molar-refractivity contribution is 0.315. The fourth-order valence-corrected chi connectivity index (χ4v) is 2.74. The van der Waals surface area contributed by atoms with E-state index in [1.807, 2.05) is 11.7 Å². The normalized spacial score (nSPS) is 15.5. The Kier molecular flexibility index (Phi) is 7.48. The van der Waals surface area contributed by atoms with Crippen molar-refractivity contribution in [3.8, 4) is 0 Å². The molecule has 0 amide bonds. The Morgan fingerprint density at radius 1 is 1.38 bits per heavy atom. The summed E-state index contributed by atoms with van der Waals surface area (Å²) in [4.78, 5) is 4.49. The topological polar surface area (TPSA) is 68.2 Å². The van der Waals surface area contributed by atoms with Crippen LogP contribution in [0.1, 0.15) is 50.1 Å². The SMILES string of the molecule is CCc1nn(C)c(CC)c1CN=C(N)NCC1CCC1.I. The average molecular weight is 405 g/mol. The first-order valence-electron chi connectivity index (χ1n) is 7.73. The van der Waals surface area contributed by atoms with Crippen LogP contribution in [0.3, 0.4) is 0 Å². The zero-order valence-electron chi connectivity index (χ0n) is 13.4. The lowest BCUT2D eigenvalue weighted by Gasteiger charge is -2.25. The van der Waals surface area contributed by atoms with Gasteiger partial charge in [-0.15, -0.1) is 24.0 Å². The highest BCUT2D eigenvalue weighted by atomic mass is 127. The van der Waals surface area contributed by atoms with Gasteiger partial charge in [0.25, 0.3) is 0 Å². The number of guanidine groups is 1. The van der Waals surface area contributed by atoms with E-state index in [0.717, 1.165) is 31.0 Å². The van der Waals surface area contributed by atoms with Gasteiger partial charge in [0.1, 0.15) is 0 Å². The van der Waals surface area contributed by atoms with E-state index in [1.54, 1.807) is 0 Å². The number of aromatic nitrogens is 2. The summed E-state index contributed by atoms with van der Waals surface area (Å²) < 4.78 is 1.97. The largest absolute Gasteiger partial charge is 0.370 e. The molecule has 1 aromatic rings. The Bertz CT molecular complexity index is 477. The third kappa shape index (κ3) is 4.59. The predicted molar refractivity (Wildman–Crippen MR) is 98.0 cm³/mol. The lowest BCUT2D eigenvalue weighted by Crippen LogP contribution is -2.37. The van der Waals surface area contributed by atoms with Crippen molar-refractivity contribution in [2.45, 2.75) is 52.5 Å². The molecule has 1 saturated carbocycles. The number of nitrogens with zero attached hydrogens (tertiary/aromatic N) is 3. The first-order valence-corrected chi connectivity index (χ1v) is 7.73. The smallest absolute Gasteiger partial charge is 0.188 e. The maximum Gasteiger partial charge on any atom is 0.188 e. The number of aliphatic imine (C=N–C) groups is 1. The molecule has 2 rings (SSSR count). The molecule has 0 aromatic carbocycles. The first kappa shape index (κ1) is 18.3. The second kappa shape index (κ2) is 8.60. The molecular formula is C15H28IN5. The molecule has 1 fully saturated rings. The fraction of sp³-hybridized carbons (Fsp3) is 0.733. The number of hydrogen-bond donors (Lipinski definition) is 2. The van der Waals surface area contributed by atoms with Crippen molar-refractivity contribution in [1.82, 2.24) is 15.1 Å². The molecule has 1 aliphatic carbocycles. The van der Waals surface area contributed by atoms with E-state index < -0.39 is 0 Å². The Balaban J connectivity index is 0.00000220. The number of nitrogens with two attached hydrogens (primary N) is 1. The van der Waals surface area contributed by atoms with Crippen LogP contribution in [-0.2, 0) is 26.4 Å². The van der Waals surface area contributed by atoms with E-state index >= 15 is 0 Å². The van der Waals surface area contributed by atoms with Crippen molar-refractivity contribution < 1.29 is 0 Å². The minimum Gasteiger partial charge on any atom is -0.370 e. The highest BCUT2D eigenvalue weighted by Gasteiger charge is 2.17. The van der Waals surface area contributed by atoms with Gasteiger partial charge < -0.3 is 11.1 Å². The molecule has 120 valence electrons. The van der Waals surface area contributed by atoms with Gasteiger partial charge in [-0.25, -0.2) is 4.99 Å². The zero-order chi connectivity index (χ0) is 14.5. The minimum atomic E-state index is 0. The van der Waals surface area contributed by atoms with Gasteiger partial charge >= 0.3 is 0 Å². The van der Waals surface area contributed by atoms with Gasteiger partial charge in [-0.1, -0.05) is 20.3 Å². The number of halogens is 1. The van der Waals surface area contributed by atoms with E-state index in [-0.39, 0.29) is 24.0 Å². The summed E-state index contributed by atoms with van der Waals surface area (Å²) >= 11 is 0. The molecule has 21 heavy (non-hydrogen) atoms. The molecule has 1 heterocycles. The van der Waals surface area contributed by atoms with E-state index in [9.17, 15) is 0 Å². The number of aryl methyl sites for hydroxylation is 2. The van der Waals surface area contributed by atoms with Crippen LogP contribution in [0.25, 0.3) is 0 Å². The molecule has 0 aliphatic heterocycles. The first-order chi connectivity index (χ1) is 9.65. The number of rotatable bonds is 6. The zero-order valence-corrected chi connectivity index (χ0v) is 15.7. The molecule has 0 bridgehead atoms. The Morgan fingerprint density at radius 3 is 2.62 bits per heavy atom. The van der Waals surface area contributed by atoms with E-state index in [4.69, 9.17) is 5.73 Å². The minimum absolute atomic E-state index is 0. The molecule has 0 spiro atoms. The van der Waals surface area contributed by atoms with E-state index in [2.05, 4.69) is 29.3 Å². The molecule has 1 aromatic heterocycles. The van der Waals surface area contributed by atoms with Gasteiger partial charge in [-0.2, -0.15) is 5.10 Å². The Labute approximate surface area is 144 Å². The van der Waals surface area contributed by atoms with Crippen LogP contribution in [0.2, 0.25) is 0 Å². The van der Waals surface area contributed by atoms with E-state index in [1.165, 1.54) is 30.5 Å². The Morgan fingerprint density at radius 2 is 2.10 bits per heavy atom. The van der Waals surface area contributed by atoms with Crippen molar-refractivity contribution in [3.63, 3.8) is 0 Å². The van der Waals surface area contributed by atoms with Crippen molar-refractivity contribution in [2.24, 2.45) is 23.7 Å². The molecule has 6 heteroatoms. The maximum atomic E-state index is 5.95. The quantitative estimate of drug-likeness (QED) is 0.434. The van der Waals surface area contributed by atoms with Gasteiger partial charge in [0.2, 0.25) is 0 Å². The Hall–Kier alpha value is -0.790. The molecule has 0 saturated heterocycles. The van der Waals surface area contributed by atoms with Crippen LogP contribution in [0.5, 0.6) is 0 Å². The predicted octanol–water partition coefficient (Wildman–Crippen LogP) is 2.37. The lowest BCUT2D eigenvalue weighted by atomic mass is 9.85. The van der Waals surface area contributed by atoms with Crippen LogP contribution >= 0.6 is 24.0 Å². The fourth-order valence-electron chi connectivity index (χ4n) is 2.74. The maximum absolute atomic E-state index is 5.95. The number of nitrogens with one attached hydrogen (secondary N) is 1. The van der Waals surface area contributed by atoms with Gasteiger partial charge in [0.15, 0.2) is 5.96 Å². The molecule has 5 nitrogen and oxygen atoms in total. The van der Waals surface area contributed by atoms with Crippen LogP contribution < -0.4 is 11.1 Å². The van der Waals surface area contributed by atoms with Crippen molar-refractivity contribution >= 4 is 29.9 Å². The van der Waals surface area contributed by atoms with Crippen LogP contribution in [0, 0.1) is 5.92 Å². The van der Waals surface area contributed by atoms with Crippen LogP contribution in [-0.4, -0.2) is 22.3 Å². The molecule has 1 aliphatic rings. The molecular weight excluding hydrogens is 377 g/mol. The highest BCUT2D eigenvalue weighted by Crippen LogP contribution is 2.25. The van der Waals surface area contributed by atoms with Crippen molar-refractivity contribution in [2.75, 3.05) is 6.54 Å². The third-order valence-electron chi connectivity index (χ3n) is 4.23. The molecule has 0 unspecified atom stereocenters. The number of hydrogen-bond acceptors (Lipinski definition) is 2. The summed E-state index contributed by atoms with van der Waals surface area (Å²) in [6.45, 7) is 5.88. The standard InChI is InChI=1S/C15H27N5.HI/c1-4-13-12(14(5-2)20(3)19-13)10-18-15(16)17-9-11-7-6-8-11;/h11H,4-10H2,1-3H3,(H3,16,17,18);1H. The van der Waals surface area contributed by atoms with Gasteiger partial charge in [-0.3, -0.25) is 4.68 Å². The van der Waals surface area contributed by atoms with Crippen molar-refractivity contribution in [3.05, 3.63) is 17.0 Å². The second-order valence-corrected chi connectivity index (χ2v) is 5.58. The van der Waals surface area contributed by atoms with Crippen molar-refractivity contribution in [1.29, 1.82) is 0 Å². The monoisotopic (exact) mass is 405 g/mol. The average Bonchev–Trinajstić information content (AvgIpc) is 2.69. The highest BCUT2D eigenvalue weighted by molar-refractivity contribution is 14.0. The summed E-state index contributed by atoms with van der Waals surface area (Å²) in [7, 11) is 2.00. The summed E-state index contributed by atoms with van der Waals surface area (Å²) in [6, 6.07) is 0. The van der Waals surface area contributed by atoms with E-state index in [0.29, 0.717) is 12.5 Å². The molecule has 0 radical (unpaired) electrons. The molecule has 0 atom stereocenters. The summed E-state index contributed by atoms with van der Waals surface area (Å²) in [5.74, 6) is 1.35. The van der Waals surface area contributed by atoms with Crippen LogP contribution in [0.15, 0.2) is 4.99 Å². The van der Waals surface area contributed by atoms with Gasteiger partial charge in [-0.05, 0) is 31.6 Å². The second-order valence-electron chi connectivity index (χ2n) is 5.58. The summed E-state index contributed by atoms with van der Waals surface area (Å²) in [6.07, 6.45) is 5.92. The van der Waals surface area contributed by atoms with Crippen LogP contribution in [0.4, 0.5) is 0 Å². The summed E-state index contributed by atoms with van der Waals surface area (Å²) in [5, 5.41) is 7.80. The molecule has 3 N–H and O–H groups in total.